The Balaban J connectivity index is 2.11. The number of hydrogen-bond donors (Lipinski definition) is 4. The van der Waals surface area contributed by atoms with Gasteiger partial charge in [-0.3, -0.25) is 4.79 Å². The minimum Gasteiger partial charge on any atom is -0.399 e. The first-order valence-electron chi connectivity index (χ1n) is 6.75. The number of nitrogens with one attached hydrogen (secondary N) is 1. The van der Waals surface area contributed by atoms with Crippen molar-refractivity contribution in [2.24, 2.45) is 0 Å². The van der Waals surface area contributed by atoms with E-state index in [0.717, 1.165) is 12.0 Å². The number of aliphatic hydroxyl groups excluding tert-OH is 1. The maximum absolute atomic E-state index is 12.2. The molecule has 0 fully saturated rings. The molecule has 0 unspecified atom stereocenters. The summed E-state index contributed by atoms with van der Waals surface area (Å²) < 4.78 is 0. The third-order valence-electron chi connectivity index (χ3n) is 3.05. The number of carbonyl (C=O) groups is 1. The van der Waals surface area contributed by atoms with E-state index in [1.54, 1.807) is 18.2 Å². The normalized spacial score (nSPS) is 10.3. The molecule has 5 heteroatoms. The molecule has 0 aliphatic heterocycles. The van der Waals surface area contributed by atoms with Crippen LogP contribution in [0, 0.1) is 0 Å². The van der Waals surface area contributed by atoms with Crippen molar-refractivity contribution < 1.29 is 9.90 Å². The molecule has 0 aromatic heterocycles. The van der Waals surface area contributed by atoms with Gasteiger partial charge in [-0.15, -0.1) is 0 Å². The summed E-state index contributed by atoms with van der Waals surface area (Å²) in [5.41, 5.74) is 14.5. The average molecular weight is 285 g/mol. The molecule has 1 amide bonds. The summed E-state index contributed by atoms with van der Waals surface area (Å²) in [5.74, 6) is -0.256. The number of hydrogen-bond acceptors (Lipinski definition) is 4. The van der Waals surface area contributed by atoms with Crippen molar-refractivity contribution in [1.29, 1.82) is 0 Å². The van der Waals surface area contributed by atoms with E-state index < -0.39 is 0 Å². The van der Waals surface area contributed by atoms with Gasteiger partial charge in [0.05, 0.1) is 0 Å². The number of aliphatic hydroxyl groups is 1. The van der Waals surface area contributed by atoms with Crippen LogP contribution in [0.2, 0.25) is 0 Å². The molecule has 0 saturated carbocycles. The van der Waals surface area contributed by atoms with Crippen LogP contribution in [-0.4, -0.2) is 17.6 Å². The molecule has 0 aliphatic carbocycles. The zero-order chi connectivity index (χ0) is 15.2. The van der Waals surface area contributed by atoms with Crippen LogP contribution < -0.4 is 16.8 Å². The standard InChI is InChI=1S/C16H19N3O2/c17-13-8-12(9-14(18)10-13)16(21)19-15-5-1-3-11(7-15)4-2-6-20/h1,3,5,7-10,20H,2,4,6,17-18H2,(H,19,21). The maximum atomic E-state index is 12.2. The van der Waals surface area contributed by atoms with Crippen LogP contribution >= 0.6 is 0 Å². The molecule has 2 aromatic carbocycles. The van der Waals surface area contributed by atoms with E-state index >= 15 is 0 Å². The molecule has 110 valence electrons. The van der Waals surface area contributed by atoms with Crippen LogP contribution in [0.4, 0.5) is 17.1 Å². The van der Waals surface area contributed by atoms with Crippen LogP contribution in [-0.2, 0) is 6.42 Å². The number of rotatable bonds is 5. The number of nitrogens with two attached hydrogens (primary N) is 2. The molecular formula is C16H19N3O2. The second-order valence-electron chi connectivity index (χ2n) is 4.87. The van der Waals surface area contributed by atoms with Crippen LogP contribution in [0.25, 0.3) is 0 Å². The lowest BCUT2D eigenvalue weighted by atomic mass is 10.1. The van der Waals surface area contributed by atoms with Crippen LogP contribution in [0.1, 0.15) is 22.3 Å². The predicted octanol–water partition coefficient (Wildman–Crippen LogP) is 2.03. The third-order valence-corrected chi connectivity index (χ3v) is 3.05. The molecule has 0 radical (unpaired) electrons. The lowest BCUT2D eigenvalue weighted by Gasteiger charge is -2.08. The van der Waals surface area contributed by atoms with Crippen LogP contribution in [0.15, 0.2) is 42.5 Å². The van der Waals surface area contributed by atoms with Gasteiger partial charge in [0, 0.05) is 29.2 Å². The fourth-order valence-electron chi connectivity index (χ4n) is 2.10. The zero-order valence-electron chi connectivity index (χ0n) is 11.7. The van der Waals surface area contributed by atoms with Gasteiger partial charge in [0.1, 0.15) is 0 Å². The van der Waals surface area contributed by atoms with Crippen molar-refractivity contribution in [2.45, 2.75) is 12.8 Å². The van der Waals surface area contributed by atoms with E-state index in [1.807, 2.05) is 24.3 Å². The molecule has 0 bridgehead atoms. The van der Waals surface area contributed by atoms with E-state index in [4.69, 9.17) is 16.6 Å². The lowest BCUT2D eigenvalue weighted by Crippen LogP contribution is -2.13. The van der Waals surface area contributed by atoms with Crippen LogP contribution in [0.5, 0.6) is 0 Å². The van der Waals surface area contributed by atoms with E-state index in [1.165, 1.54) is 0 Å². The molecule has 0 aliphatic rings. The fourth-order valence-corrected chi connectivity index (χ4v) is 2.10. The van der Waals surface area contributed by atoms with Crippen molar-refractivity contribution in [3.63, 3.8) is 0 Å². The Bertz CT molecular complexity index is 621. The molecule has 5 nitrogen and oxygen atoms in total. The Morgan fingerprint density at radius 2 is 1.81 bits per heavy atom. The van der Waals surface area contributed by atoms with E-state index in [0.29, 0.717) is 29.0 Å². The lowest BCUT2D eigenvalue weighted by molar-refractivity contribution is 0.102. The number of aryl methyl sites for hydroxylation is 1. The predicted molar refractivity (Wildman–Crippen MR) is 85.1 cm³/mol. The van der Waals surface area contributed by atoms with Gasteiger partial charge in [-0.05, 0) is 48.7 Å². The van der Waals surface area contributed by atoms with Crippen molar-refractivity contribution in [1.82, 2.24) is 0 Å². The SMILES string of the molecule is Nc1cc(N)cc(C(=O)Nc2cccc(CCCO)c2)c1. The molecule has 2 rings (SSSR count). The summed E-state index contributed by atoms with van der Waals surface area (Å²) in [6, 6.07) is 12.3. The minimum atomic E-state index is -0.256. The summed E-state index contributed by atoms with van der Waals surface area (Å²) in [6.45, 7) is 0.152. The van der Waals surface area contributed by atoms with Crippen molar-refractivity contribution in [3.8, 4) is 0 Å². The smallest absolute Gasteiger partial charge is 0.255 e. The molecule has 0 spiro atoms. The summed E-state index contributed by atoms with van der Waals surface area (Å²) in [5, 5.41) is 11.7. The van der Waals surface area contributed by atoms with Gasteiger partial charge in [0.2, 0.25) is 0 Å². The highest BCUT2D eigenvalue weighted by molar-refractivity contribution is 6.05. The minimum absolute atomic E-state index is 0.152. The topological polar surface area (TPSA) is 101 Å². The van der Waals surface area contributed by atoms with E-state index in [-0.39, 0.29) is 12.5 Å². The number of amides is 1. The first-order valence-corrected chi connectivity index (χ1v) is 6.75. The second kappa shape index (κ2) is 6.76. The zero-order valence-corrected chi connectivity index (χ0v) is 11.7. The van der Waals surface area contributed by atoms with Crippen molar-refractivity contribution in [2.75, 3.05) is 23.4 Å². The Kier molecular flexibility index (Phi) is 4.79. The largest absolute Gasteiger partial charge is 0.399 e. The van der Waals surface area contributed by atoms with Gasteiger partial charge in [0.25, 0.3) is 5.91 Å². The van der Waals surface area contributed by atoms with Gasteiger partial charge < -0.3 is 21.9 Å². The van der Waals surface area contributed by atoms with Crippen molar-refractivity contribution in [3.05, 3.63) is 53.6 Å². The highest BCUT2D eigenvalue weighted by atomic mass is 16.2. The Hall–Kier alpha value is -2.53. The molecule has 0 atom stereocenters. The molecule has 2 aromatic rings. The Labute approximate surface area is 123 Å². The highest BCUT2D eigenvalue weighted by Gasteiger charge is 2.08. The van der Waals surface area contributed by atoms with Crippen LogP contribution in [0.3, 0.4) is 0 Å². The molecule has 21 heavy (non-hydrogen) atoms. The fraction of sp³-hybridized carbons (Fsp3) is 0.188. The Morgan fingerprint density at radius 3 is 2.48 bits per heavy atom. The summed E-state index contributed by atoms with van der Waals surface area (Å²) >= 11 is 0. The molecular weight excluding hydrogens is 266 g/mol. The first kappa shape index (κ1) is 14.9. The molecule has 0 heterocycles. The quantitative estimate of drug-likeness (QED) is 0.631. The molecule has 6 N–H and O–H groups in total. The van der Waals surface area contributed by atoms with Crippen molar-refractivity contribution >= 4 is 23.0 Å². The number of nitrogen functional groups attached to an aromatic ring is 2. The molecule has 0 saturated heterocycles. The number of benzene rings is 2. The van der Waals surface area contributed by atoms with E-state index in [9.17, 15) is 4.79 Å². The van der Waals surface area contributed by atoms with Gasteiger partial charge >= 0.3 is 0 Å². The number of carbonyl (C=O) groups excluding carboxylic acids is 1. The second-order valence-corrected chi connectivity index (χ2v) is 4.87. The van der Waals surface area contributed by atoms with Gasteiger partial charge in [-0.25, -0.2) is 0 Å². The number of anilines is 3. The average Bonchev–Trinajstić information content (AvgIpc) is 2.44. The van der Waals surface area contributed by atoms with Gasteiger partial charge in [0.15, 0.2) is 0 Å². The highest BCUT2D eigenvalue weighted by Crippen LogP contribution is 2.17. The summed E-state index contributed by atoms with van der Waals surface area (Å²) in [7, 11) is 0. The Morgan fingerprint density at radius 1 is 1.10 bits per heavy atom. The summed E-state index contributed by atoms with van der Waals surface area (Å²) in [6.07, 6.45) is 1.47. The summed E-state index contributed by atoms with van der Waals surface area (Å²) in [4.78, 5) is 12.2. The maximum Gasteiger partial charge on any atom is 0.255 e. The van der Waals surface area contributed by atoms with E-state index in [2.05, 4.69) is 5.32 Å². The van der Waals surface area contributed by atoms with Gasteiger partial charge in [-0.1, -0.05) is 12.1 Å². The monoisotopic (exact) mass is 285 g/mol. The first-order chi connectivity index (χ1) is 10.1. The van der Waals surface area contributed by atoms with Gasteiger partial charge in [-0.2, -0.15) is 0 Å². The third kappa shape index (κ3) is 4.22.